The topological polar surface area (TPSA) is 50.8 Å². The van der Waals surface area contributed by atoms with E-state index in [2.05, 4.69) is 22.3 Å². The quantitative estimate of drug-likeness (QED) is 0.849. The molecule has 1 heterocycles. The summed E-state index contributed by atoms with van der Waals surface area (Å²) in [4.78, 5) is 14.7. The molecule has 0 spiro atoms. The van der Waals surface area contributed by atoms with Crippen molar-refractivity contribution in [2.45, 2.75) is 32.3 Å². The zero-order chi connectivity index (χ0) is 18.4. The predicted molar refractivity (Wildman–Crippen MR) is 104 cm³/mol. The fourth-order valence-corrected chi connectivity index (χ4v) is 3.06. The molecule has 1 aliphatic heterocycles. The summed E-state index contributed by atoms with van der Waals surface area (Å²) in [5.41, 5.74) is 1.99. The van der Waals surface area contributed by atoms with Crippen LogP contribution in [0.4, 0.5) is 11.4 Å². The molecule has 1 saturated heterocycles. The molecular formula is C21H26N2O3. The van der Waals surface area contributed by atoms with E-state index in [1.54, 1.807) is 38.3 Å². The highest BCUT2D eigenvalue weighted by Gasteiger charge is 2.16. The second-order valence-corrected chi connectivity index (χ2v) is 6.52. The summed E-state index contributed by atoms with van der Waals surface area (Å²) >= 11 is 0. The Hall–Kier alpha value is -2.69. The van der Waals surface area contributed by atoms with Crippen LogP contribution in [0.25, 0.3) is 0 Å². The molecule has 3 rings (SSSR count). The van der Waals surface area contributed by atoms with E-state index in [9.17, 15) is 4.79 Å². The van der Waals surface area contributed by atoms with Crippen molar-refractivity contribution >= 4 is 17.3 Å². The number of carbonyl (C=O) groups is 1. The zero-order valence-corrected chi connectivity index (χ0v) is 15.4. The molecule has 0 saturated carbocycles. The molecule has 0 aromatic heterocycles. The third-order valence-electron chi connectivity index (χ3n) is 4.60. The van der Waals surface area contributed by atoms with Gasteiger partial charge in [-0.2, -0.15) is 0 Å². The fraction of sp³-hybridized carbons (Fsp3) is 0.381. The summed E-state index contributed by atoms with van der Waals surface area (Å²) in [7, 11) is 1.61. The molecule has 1 amide bonds. The van der Waals surface area contributed by atoms with Crippen molar-refractivity contribution in [3.8, 4) is 11.5 Å². The number of ether oxygens (including phenoxy) is 2. The molecule has 26 heavy (non-hydrogen) atoms. The van der Waals surface area contributed by atoms with Crippen LogP contribution in [0.5, 0.6) is 11.5 Å². The molecule has 0 aliphatic carbocycles. The first-order valence-corrected chi connectivity index (χ1v) is 9.12. The SMILES string of the molecule is COc1ccc(O[C@@H](C)C(=O)Nc2ccc(N3CCCCC3)cc2)cc1. The second kappa shape index (κ2) is 8.61. The minimum Gasteiger partial charge on any atom is -0.497 e. The number of hydrogen-bond donors (Lipinski definition) is 1. The summed E-state index contributed by atoms with van der Waals surface area (Å²) in [6.45, 7) is 3.96. The average molecular weight is 354 g/mol. The highest BCUT2D eigenvalue weighted by atomic mass is 16.5. The van der Waals surface area contributed by atoms with Gasteiger partial charge in [-0.1, -0.05) is 0 Å². The van der Waals surface area contributed by atoms with E-state index in [4.69, 9.17) is 9.47 Å². The maximum Gasteiger partial charge on any atom is 0.265 e. The minimum absolute atomic E-state index is 0.174. The number of anilines is 2. The van der Waals surface area contributed by atoms with Crippen LogP contribution in [0.1, 0.15) is 26.2 Å². The Bertz CT molecular complexity index is 707. The van der Waals surface area contributed by atoms with Crippen molar-refractivity contribution in [3.05, 3.63) is 48.5 Å². The molecule has 1 aliphatic rings. The van der Waals surface area contributed by atoms with Crippen LogP contribution in [0, 0.1) is 0 Å². The van der Waals surface area contributed by atoms with E-state index in [1.165, 1.54) is 24.9 Å². The van der Waals surface area contributed by atoms with Crippen LogP contribution >= 0.6 is 0 Å². The lowest BCUT2D eigenvalue weighted by Crippen LogP contribution is -2.30. The Kier molecular flexibility index (Phi) is 6.00. The third kappa shape index (κ3) is 4.69. The van der Waals surface area contributed by atoms with Crippen LogP contribution in [-0.4, -0.2) is 32.2 Å². The van der Waals surface area contributed by atoms with Gasteiger partial charge in [0.2, 0.25) is 0 Å². The molecule has 0 radical (unpaired) electrons. The van der Waals surface area contributed by atoms with Gasteiger partial charge in [-0.25, -0.2) is 0 Å². The first kappa shape index (κ1) is 18.1. The average Bonchev–Trinajstić information content (AvgIpc) is 2.70. The van der Waals surface area contributed by atoms with Crippen LogP contribution in [0.2, 0.25) is 0 Å². The summed E-state index contributed by atoms with van der Waals surface area (Å²) in [6, 6.07) is 15.2. The molecule has 0 bridgehead atoms. The summed E-state index contributed by atoms with van der Waals surface area (Å²) in [5, 5.41) is 2.91. The number of hydrogen-bond acceptors (Lipinski definition) is 4. The van der Waals surface area contributed by atoms with Crippen LogP contribution in [0.15, 0.2) is 48.5 Å². The lowest BCUT2D eigenvalue weighted by molar-refractivity contribution is -0.122. The van der Waals surface area contributed by atoms with Crippen LogP contribution in [-0.2, 0) is 4.79 Å². The van der Waals surface area contributed by atoms with E-state index >= 15 is 0 Å². The molecule has 1 fully saturated rings. The van der Waals surface area contributed by atoms with Crippen molar-refractivity contribution in [2.24, 2.45) is 0 Å². The first-order valence-electron chi connectivity index (χ1n) is 9.12. The van der Waals surface area contributed by atoms with Crippen LogP contribution < -0.4 is 19.7 Å². The molecule has 2 aromatic rings. The van der Waals surface area contributed by atoms with Crippen molar-refractivity contribution in [1.82, 2.24) is 0 Å². The monoisotopic (exact) mass is 354 g/mol. The van der Waals surface area contributed by atoms with Crippen molar-refractivity contribution in [2.75, 3.05) is 30.4 Å². The maximum atomic E-state index is 12.4. The molecule has 1 atom stereocenters. The first-order chi connectivity index (χ1) is 12.7. The minimum atomic E-state index is -0.592. The van der Waals surface area contributed by atoms with E-state index in [0.717, 1.165) is 24.5 Å². The van der Waals surface area contributed by atoms with E-state index in [-0.39, 0.29) is 5.91 Å². The Morgan fingerprint density at radius 1 is 0.962 bits per heavy atom. The number of nitrogens with zero attached hydrogens (tertiary/aromatic N) is 1. The number of methoxy groups -OCH3 is 1. The Balaban J connectivity index is 1.54. The number of amides is 1. The van der Waals surface area contributed by atoms with Gasteiger partial charge in [0, 0.05) is 24.5 Å². The number of rotatable bonds is 6. The Labute approximate surface area is 154 Å². The van der Waals surface area contributed by atoms with Gasteiger partial charge in [0.1, 0.15) is 11.5 Å². The summed E-state index contributed by atoms with van der Waals surface area (Å²) < 4.78 is 10.8. The van der Waals surface area contributed by atoms with Gasteiger partial charge in [0.15, 0.2) is 6.10 Å². The molecule has 0 unspecified atom stereocenters. The van der Waals surface area contributed by atoms with Gasteiger partial charge in [-0.05, 0) is 74.7 Å². The zero-order valence-electron chi connectivity index (χ0n) is 15.4. The number of benzene rings is 2. The van der Waals surface area contributed by atoms with Gasteiger partial charge in [0.05, 0.1) is 7.11 Å². The van der Waals surface area contributed by atoms with E-state index in [0.29, 0.717) is 5.75 Å². The number of nitrogens with one attached hydrogen (secondary N) is 1. The van der Waals surface area contributed by atoms with E-state index in [1.807, 2.05) is 12.1 Å². The standard InChI is InChI=1S/C21H26N2O3/c1-16(26-20-12-10-19(25-2)11-13-20)21(24)22-17-6-8-18(9-7-17)23-14-4-3-5-15-23/h6-13,16H,3-5,14-15H2,1-2H3,(H,22,24)/t16-/m0/s1. The van der Waals surface area contributed by atoms with Gasteiger partial charge in [0.25, 0.3) is 5.91 Å². The number of carbonyl (C=O) groups excluding carboxylic acids is 1. The second-order valence-electron chi connectivity index (χ2n) is 6.52. The van der Waals surface area contributed by atoms with Gasteiger partial charge in [-0.15, -0.1) is 0 Å². The van der Waals surface area contributed by atoms with Gasteiger partial charge < -0.3 is 19.7 Å². The van der Waals surface area contributed by atoms with Gasteiger partial charge >= 0.3 is 0 Å². The Morgan fingerprint density at radius 2 is 1.58 bits per heavy atom. The molecular weight excluding hydrogens is 328 g/mol. The summed E-state index contributed by atoms with van der Waals surface area (Å²) in [6.07, 6.45) is 3.22. The maximum absolute atomic E-state index is 12.4. The molecule has 138 valence electrons. The predicted octanol–water partition coefficient (Wildman–Crippen LogP) is 4.09. The van der Waals surface area contributed by atoms with E-state index < -0.39 is 6.10 Å². The van der Waals surface area contributed by atoms with Crippen LogP contribution in [0.3, 0.4) is 0 Å². The lowest BCUT2D eigenvalue weighted by atomic mass is 10.1. The van der Waals surface area contributed by atoms with Crippen molar-refractivity contribution < 1.29 is 14.3 Å². The van der Waals surface area contributed by atoms with Crippen molar-refractivity contribution in [1.29, 1.82) is 0 Å². The smallest absolute Gasteiger partial charge is 0.265 e. The molecule has 5 heteroatoms. The normalized spacial score (nSPS) is 15.2. The molecule has 1 N–H and O–H groups in total. The van der Waals surface area contributed by atoms with Gasteiger partial charge in [-0.3, -0.25) is 4.79 Å². The fourth-order valence-electron chi connectivity index (χ4n) is 3.06. The highest BCUT2D eigenvalue weighted by molar-refractivity contribution is 5.94. The third-order valence-corrected chi connectivity index (χ3v) is 4.60. The molecule has 5 nitrogen and oxygen atoms in total. The largest absolute Gasteiger partial charge is 0.497 e. The summed E-state index contributed by atoms with van der Waals surface area (Å²) in [5.74, 6) is 1.21. The highest BCUT2D eigenvalue weighted by Crippen LogP contribution is 2.22. The van der Waals surface area contributed by atoms with Crippen molar-refractivity contribution in [3.63, 3.8) is 0 Å². The lowest BCUT2D eigenvalue weighted by Gasteiger charge is -2.28. The number of piperidine rings is 1. The Morgan fingerprint density at radius 3 is 2.19 bits per heavy atom. The molecule has 2 aromatic carbocycles.